The van der Waals surface area contributed by atoms with Crippen molar-refractivity contribution >= 4 is 32.6 Å². The summed E-state index contributed by atoms with van der Waals surface area (Å²) < 4.78 is 25.3. The number of nitrogens with two attached hydrogens (primary N) is 1. The first-order valence-electron chi connectivity index (χ1n) is 7.43. The number of nitrogens with one attached hydrogen (secondary N) is 1. The summed E-state index contributed by atoms with van der Waals surface area (Å²) in [5.41, 5.74) is 7.11. The number of benzene rings is 2. The second kappa shape index (κ2) is 5.76. The standard InChI is InChI=1S/C17H17N3O3S/c1-10(2)24(22,23)14-9-12(8-13-15(14)20-17(18)19-13)16(21)11-6-4-3-5-7-11/h3-10H,1-2H3,(H3,18,19,20). The number of anilines is 1. The molecule has 0 saturated heterocycles. The number of fused-ring (bicyclic) bond motifs is 1. The Balaban J connectivity index is 2.27. The lowest BCUT2D eigenvalue weighted by molar-refractivity contribution is 0.103. The van der Waals surface area contributed by atoms with E-state index >= 15 is 0 Å². The lowest BCUT2D eigenvalue weighted by Crippen LogP contribution is -2.15. The molecule has 6 nitrogen and oxygen atoms in total. The average Bonchev–Trinajstić information content (AvgIpc) is 2.93. The normalized spacial score (nSPS) is 12.0. The number of hydrogen-bond donors (Lipinski definition) is 2. The largest absolute Gasteiger partial charge is 0.369 e. The van der Waals surface area contributed by atoms with Crippen LogP contribution in [-0.2, 0) is 9.84 Å². The Hall–Kier alpha value is -2.67. The summed E-state index contributed by atoms with van der Waals surface area (Å²) >= 11 is 0. The first kappa shape index (κ1) is 16.2. The van der Waals surface area contributed by atoms with Crippen molar-refractivity contribution in [2.75, 3.05) is 5.73 Å². The van der Waals surface area contributed by atoms with Crippen molar-refractivity contribution in [3.05, 3.63) is 53.6 Å². The molecule has 0 saturated carbocycles. The molecule has 1 heterocycles. The Morgan fingerprint density at radius 3 is 2.42 bits per heavy atom. The van der Waals surface area contributed by atoms with Crippen molar-refractivity contribution in [1.29, 1.82) is 0 Å². The highest BCUT2D eigenvalue weighted by Crippen LogP contribution is 2.28. The van der Waals surface area contributed by atoms with Crippen LogP contribution in [0, 0.1) is 0 Å². The van der Waals surface area contributed by atoms with E-state index in [1.165, 1.54) is 6.07 Å². The number of H-pyrrole nitrogens is 1. The highest BCUT2D eigenvalue weighted by Gasteiger charge is 2.26. The molecule has 2 aromatic carbocycles. The van der Waals surface area contributed by atoms with Crippen LogP contribution in [0.15, 0.2) is 47.4 Å². The lowest BCUT2D eigenvalue weighted by atomic mass is 10.0. The molecule has 0 aliphatic heterocycles. The monoisotopic (exact) mass is 343 g/mol. The summed E-state index contributed by atoms with van der Waals surface area (Å²) in [6.07, 6.45) is 0. The zero-order valence-corrected chi connectivity index (χ0v) is 14.1. The fourth-order valence-electron chi connectivity index (χ4n) is 2.46. The summed E-state index contributed by atoms with van der Waals surface area (Å²) in [7, 11) is -3.62. The Morgan fingerprint density at radius 2 is 1.79 bits per heavy atom. The predicted molar refractivity (Wildman–Crippen MR) is 92.7 cm³/mol. The molecule has 0 radical (unpaired) electrons. The van der Waals surface area contributed by atoms with Crippen LogP contribution >= 0.6 is 0 Å². The second-order valence-corrected chi connectivity index (χ2v) is 8.25. The van der Waals surface area contributed by atoms with E-state index in [0.29, 0.717) is 11.1 Å². The van der Waals surface area contributed by atoms with Crippen LogP contribution in [-0.4, -0.2) is 29.4 Å². The third-order valence-corrected chi connectivity index (χ3v) is 5.96. The van der Waals surface area contributed by atoms with Crippen molar-refractivity contribution in [2.45, 2.75) is 24.0 Å². The fourth-order valence-corrected chi connectivity index (χ4v) is 3.69. The number of carbonyl (C=O) groups excluding carboxylic acids is 1. The first-order valence-corrected chi connectivity index (χ1v) is 8.98. The maximum atomic E-state index is 12.7. The van der Waals surface area contributed by atoms with Crippen molar-refractivity contribution in [3.8, 4) is 0 Å². The molecule has 3 N–H and O–H groups in total. The quantitative estimate of drug-likeness (QED) is 0.708. The molecule has 0 atom stereocenters. The SMILES string of the molecule is CC(C)S(=O)(=O)c1cc(C(=O)c2ccccc2)cc2[nH]c(N)nc12. The molecule has 0 aliphatic rings. The Kier molecular flexibility index (Phi) is 3.88. The molecule has 7 heteroatoms. The Bertz CT molecular complexity index is 1020. The van der Waals surface area contributed by atoms with Gasteiger partial charge in [-0.2, -0.15) is 0 Å². The summed E-state index contributed by atoms with van der Waals surface area (Å²) in [5.74, 6) is -0.152. The van der Waals surface area contributed by atoms with E-state index in [-0.39, 0.29) is 27.7 Å². The summed E-state index contributed by atoms with van der Waals surface area (Å²) in [6, 6.07) is 11.7. The number of carbonyl (C=O) groups is 1. The maximum Gasteiger partial charge on any atom is 0.198 e. The van der Waals surface area contributed by atoms with Gasteiger partial charge < -0.3 is 10.7 Å². The van der Waals surface area contributed by atoms with Crippen LogP contribution in [0.5, 0.6) is 0 Å². The van der Waals surface area contributed by atoms with Crippen molar-refractivity contribution in [2.24, 2.45) is 0 Å². The number of sulfone groups is 1. The van der Waals surface area contributed by atoms with E-state index in [1.807, 2.05) is 6.07 Å². The molecule has 0 aliphatic carbocycles. The van der Waals surface area contributed by atoms with Crippen LogP contribution in [0.3, 0.4) is 0 Å². The summed E-state index contributed by atoms with van der Waals surface area (Å²) in [5, 5.41) is -0.638. The molecule has 0 bridgehead atoms. The van der Waals surface area contributed by atoms with Gasteiger partial charge in [0.05, 0.1) is 15.7 Å². The average molecular weight is 343 g/mol. The number of aromatic amines is 1. The third-order valence-electron chi connectivity index (χ3n) is 3.80. The molecule has 0 amide bonds. The molecule has 1 aromatic heterocycles. The zero-order chi connectivity index (χ0) is 17.5. The van der Waals surface area contributed by atoms with E-state index in [0.717, 1.165) is 0 Å². The molecular weight excluding hydrogens is 326 g/mol. The number of aromatic nitrogens is 2. The van der Waals surface area contributed by atoms with Crippen LogP contribution < -0.4 is 5.73 Å². The van der Waals surface area contributed by atoms with Gasteiger partial charge in [0.1, 0.15) is 5.52 Å². The molecule has 3 rings (SSSR count). The van der Waals surface area contributed by atoms with E-state index in [1.54, 1.807) is 44.2 Å². The number of ketones is 1. The van der Waals surface area contributed by atoms with Gasteiger partial charge in [-0.05, 0) is 26.0 Å². The Labute approximate surface area is 139 Å². The van der Waals surface area contributed by atoms with Crippen molar-refractivity contribution in [3.63, 3.8) is 0 Å². The summed E-state index contributed by atoms with van der Waals surface area (Å²) in [4.78, 5) is 19.6. The van der Waals surface area contributed by atoms with Gasteiger partial charge >= 0.3 is 0 Å². The number of nitrogen functional groups attached to an aromatic ring is 1. The predicted octanol–water partition coefficient (Wildman–Crippen LogP) is 2.56. The van der Waals surface area contributed by atoms with Crippen molar-refractivity contribution < 1.29 is 13.2 Å². The van der Waals surface area contributed by atoms with E-state index in [9.17, 15) is 13.2 Å². The minimum absolute atomic E-state index is 0.0160. The summed E-state index contributed by atoms with van der Waals surface area (Å²) in [6.45, 7) is 3.17. The number of hydrogen-bond acceptors (Lipinski definition) is 5. The lowest BCUT2D eigenvalue weighted by Gasteiger charge is -2.10. The van der Waals surface area contributed by atoms with Gasteiger partial charge in [0, 0.05) is 11.1 Å². The Morgan fingerprint density at radius 1 is 1.12 bits per heavy atom. The molecule has 0 fully saturated rings. The first-order chi connectivity index (χ1) is 11.3. The van der Waals surface area contributed by atoms with Gasteiger partial charge in [-0.15, -0.1) is 0 Å². The van der Waals surface area contributed by atoms with E-state index in [2.05, 4.69) is 9.97 Å². The van der Waals surface area contributed by atoms with E-state index < -0.39 is 15.1 Å². The molecule has 24 heavy (non-hydrogen) atoms. The van der Waals surface area contributed by atoms with Crippen LogP contribution in [0.2, 0.25) is 0 Å². The van der Waals surface area contributed by atoms with Gasteiger partial charge in [0.25, 0.3) is 0 Å². The van der Waals surface area contributed by atoms with Crippen molar-refractivity contribution in [1.82, 2.24) is 9.97 Å². The number of nitrogens with zero attached hydrogens (tertiary/aromatic N) is 1. The third kappa shape index (κ3) is 2.67. The minimum Gasteiger partial charge on any atom is -0.369 e. The van der Waals surface area contributed by atoms with Gasteiger partial charge in [-0.25, -0.2) is 13.4 Å². The van der Waals surface area contributed by atoms with Crippen LogP contribution in [0.4, 0.5) is 5.95 Å². The van der Waals surface area contributed by atoms with Gasteiger partial charge in [0.15, 0.2) is 21.6 Å². The van der Waals surface area contributed by atoms with Crippen LogP contribution in [0.25, 0.3) is 11.0 Å². The molecule has 3 aromatic rings. The molecule has 0 unspecified atom stereocenters. The topological polar surface area (TPSA) is 106 Å². The fraction of sp³-hybridized carbons (Fsp3) is 0.176. The molecular formula is C17H17N3O3S. The maximum absolute atomic E-state index is 12.7. The number of rotatable bonds is 4. The molecule has 0 spiro atoms. The minimum atomic E-state index is -3.62. The van der Waals surface area contributed by atoms with Crippen LogP contribution in [0.1, 0.15) is 29.8 Å². The highest BCUT2D eigenvalue weighted by molar-refractivity contribution is 7.92. The van der Waals surface area contributed by atoms with Gasteiger partial charge in [-0.1, -0.05) is 30.3 Å². The number of imidazole rings is 1. The smallest absolute Gasteiger partial charge is 0.198 e. The van der Waals surface area contributed by atoms with Gasteiger partial charge in [0.2, 0.25) is 0 Å². The van der Waals surface area contributed by atoms with E-state index in [4.69, 9.17) is 5.73 Å². The highest BCUT2D eigenvalue weighted by atomic mass is 32.2. The van der Waals surface area contributed by atoms with Gasteiger partial charge in [-0.3, -0.25) is 4.79 Å². The molecule has 124 valence electrons. The zero-order valence-electron chi connectivity index (χ0n) is 13.3. The second-order valence-electron chi connectivity index (χ2n) is 5.78.